The molecule has 0 spiro atoms. The molecule has 13 atom stereocenters. The minimum atomic E-state index is -1.90. The van der Waals surface area contributed by atoms with Crippen LogP contribution in [-0.2, 0) is 94.3 Å². The van der Waals surface area contributed by atoms with Crippen molar-refractivity contribution in [2.75, 3.05) is 39.3 Å². The lowest BCUT2D eigenvalue weighted by molar-refractivity contribution is -0.148. The molecule has 0 unspecified atom stereocenters. The fraction of sp³-hybridized carbons (Fsp3) is 0.587. The van der Waals surface area contributed by atoms with Crippen LogP contribution in [0.5, 0.6) is 0 Å². The van der Waals surface area contributed by atoms with Gasteiger partial charge in [0.2, 0.25) is 88.6 Å². The van der Waals surface area contributed by atoms with Gasteiger partial charge in [-0.1, -0.05) is 90.1 Å². The van der Waals surface area contributed by atoms with E-state index in [4.69, 9.17) is 28.0 Å². The number of aromatic amines is 1. The van der Waals surface area contributed by atoms with Crippen LogP contribution in [-0.4, -0.2) is 253 Å². The number of fused-ring (bicyclic) bond motifs is 1. The van der Waals surface area contributed by atoms with Crippen molar-refractivity contribution in [1.29, 1.82) is 0 Å². The van der Waals surface area contributed by atoms with Crippen molar-refractivity contribution in [3.8, 4) is 0 Å². The summed E-state index contributed by atoms with van der Waals surface area (Å²) in [6.07, 6.45) is 0.945. The van der Waals surface area contributed by atoms with Crippen LogP contribution in [0.15, 0.2) is 60.8 Å². The van der Waals surface area contributed by atoms with Gasteiger partial charge in [0.05, 0.1) is 32.0 Å². The van der Waals surface area contributed by atoms with E-state index in [-0.39, 0.29) is 103 Å². The zero-order valence-electron chi connectivity index (χ0n) is 64.5. The van der Waals surface area contributed by atoms with Crippen LogP contribution in [0.4, 0.5) is 0 Å². The molecule has 6 rings (SSSR count). The van der Waals surface area contributed by atoms with Crippen molar-refractivity contribution in [3.05, 3.63) is 71.9 Å². The summed E-state index contributed by atoms with van der Waals surface area (Å²) >= 11 is 0. The Kier molecular flexibility index (Phi) is 35.0. The Morgan fingerprint density at radius 2 is 1.03 bits per heavy atom. The van der Waals surface area contributed by atoms with E-state index in [1.165, 1.54) is 9.80 Å². The van der Waals surface area contributed by atoms with Gasteiger partial charge in [-0.25, -0.2) is 0 Å². The van der Waals surface area contributed by atoms with Gasteiger partial charge in [0, 0.05) is 56.0 Å². The highest BCUT2D eigenvalue weighted by molar-refractivity contribution is 6.01. The molecule has 113 heavy (non-hydrogen) atoms. The lowest BCUT2D eigenvalue weighted by atomic mass is 9.99. The van der Waals surface area contributed by atoms with E-state index >= 15 is 0 Å². The number of aliphatic hydroxyl groups excluding tert-OH is 1. The SMILES string of the molecule is CC(C)C[C@H](NC(=O)CNC(=O)[C@@H]1CCCN1C(=O)[C@@H]1CCCN1C(=O)[C@H](CCC(N)=O)NC(=O)[C@@H](NC(=O)[C@@H](N)CC(=O)O)C(C)C)C(=O)N[C@@H](CCCCN)C(=O)N[C@H](C(=O)N[C@@H](Cc1c[nH]c2ccccc12)C(=O)N[C@@H](CO)C(=O)N[C@@H](CC(=O)O)C(=O)N1CCC[C@H]1C(=O)N[C@@H](Cc1ccccc1)C(N)=O)C(C)C. The van der Waals surface area contributed by atoms with Gasteiger partial charge in [0.25, 0.3) is 0 Å². The highest BCUT2D eigenvalue weighted by Crippen LogP contribution is 2.28. The molecule has 3 fully saturated rings. The molecule has 3 aliphatic heterocycles. The Hall–Kier alpha value is -11.2. The number of rotatable bonds is 44. The second-order valence-corrected chi connectivity index (χ2v) is 29.8. The standard InChI is InChI=1S/C75H110N18O20/c1-39(2)31-50(82-58(96)37-81-69(107)54-22-14-29-92(54)75(113)56-24-16-30-93(56)73(111)48(25-26-57(78)95)84-71(109)61(40(3)4)89-64(102)45(77)34-59(97)98)66(104)83-47(21-12-13-27-76)65(103)90-62(41(5)6)72(110)86-51(33-43-36-80-46-20-11-10-19-44(43)46)67(105)88-53(38-94)68(106)87-52(35-60(99)100)74(112)91-28-15-23-55(91)70(108)85-49(63(79)101)32-42-17-8-7-9-18-42/h7-11,17-20,36,39-41,45,47-56,61-62,80,94H,12-16,21-35,37-38,76-77H2,1-6H3,(H2,78,95)(H2,79,101)(H,81,107)(H,82,96)(H,83,104)(H,84,109)(H,85,108)(H,86,110)(H,87,106)(H,88,105)(H,89,102)(H,90,103)(H,97,98)(H,99,100)/t45-,47-,48-,49-,50-,51-,52-,53-,54-,55-,56-,61-,62-/m0/s1. The second kappa shape index (κ2) is 43.6. The van der Waals surface area contributed by atoms with Crippen LogP contribution in [0.1, 0.15) is 143 Å². The maximum atomic E-state index is 14.7. The van der Waals surface area contributed by atoms with Crippen LogP contribution < -0.4 is 76.1 Å². The average molecular weight is 1580 g/mol. The molecule has 620 valence electrons. The van der Waals surface area contributed by atoms with Crippen LogP contribution >= 0.6 is 0 Å². The third-order valence-corrected chi connectivity index (χ3v) is 19.9. The van der Waals surface area contributed by atoms with E-state index in [1.807, 2.05) is 0 Å². The molecule has 1 aromatic heterocycles. The summed E-state index contributed by atoms with van der Waals surface area (Å²) in [6.45, 7) is 8.32. The number of nitrogens with two attached hydrogens (primary N) is 4. The smallest absolute Gasteiger partial charge is 0.305 e. The number of carbonyl (C=O) groups excluding carboxylic acids is 15. The number of nitrogens with zero attached hydrogens (tertiary/aromatic N) is 3. The highest BCUT2D eigenvalue weighted by Gasteiger charge is 2.46. The van der Waals surface area contributed by atoms with Crippen molar-refractivity contribution in [1.82, 2.24) is 72.9 Å². The maximum Gasteiger partial charge on any atom is 0.305 e. The number of aliphatic hydroxyl groups is 1. The van der Waals surface area contributed by atoms with Gasteiger partial charge >= 0.3 is 11.9 Å². The van der Waals surface area contributed by atoms with Crippen molar-refractivity contribution in [2.24, 2.45) is 40.7 Å². The number of aromatic nitrogens is 1. The highest BCUT2D eigenvalue weighted by atomic mass is 16.4. The molecular weight excluding hydrogens is 1470 g/mol. The number of para-hydroxylation sites is 1. The van der Waals surface area contributed by atoms with Gasteiger partial charge < -0.3 is 111 Å². The molecule has 3 aromatic rings. The summed E-state index contributed by atoms with van der Waals surface area (Å²) in [5, 5.41) is 56.0. The zero-order chi connectivity index (χ0) is 83.5. The maximum absolute atomic E-state index is 14.7. The number of likely N-dealkylation sites (tertiary alicyclic amines) is 3. The minimum absolute atomic E-state index is 0.0165. The summed E-state index contributed by atoms with van der Waals surface area (Å²) in [5.74, 6) is -17.6. The Morgan fingerprint density at radius 1 is 0.513 bits per heavy atom. The van der Waals surface area contributed by atoms with Crippen molar-refractivity contribution >= 4 is 111 Å². The first-order valence-corrected chi connectivity index (χ1v) is 38.1. The third kappa shape index (κ3) is 26.8. The first-order chi connectivity index (χ1) is 53.5. The predicted molar refractivity (Wildman–Crippen MR) is 406 cm³/mol. The van der Waals surface area contributed by atoms with Crippen molar-refractivity contribution < 1.29 is 96.8 Å². The van der Waals surface area contributed by atoms with Crippen LogP contribution in [0.25, 0.3) is 10.9 Å². The van der Waals surface area contributed by atoms with E-state index in [1.54, 1.807) is 102 Å². The Morgan fingerprint density at radius 3 is 1.61 bits per heavy atom. The summed E-state index contributed by atoms with van der Waals surface area (Å²) in [6, 6.07) is -2.76. The number of unbranched alkanes of at least 4 members (excludes halogenated alkanes) is 1. The summed E-state index contributed by atoms with van der Waals surface area (Å²) in [4.78, 5) is 238. The minimum Gasteiger partial charge on any atom is -0.481 e. The number of benzene rings is 2. The topological polar surface area (TPSA) is 601 Å². The molecule has 15 amide bonds. The molecule has 22 N–H and O–H groups in total. The summed E-state index contributed by atoms with van der Waals surface area (Å²) < 4.78 is 0. The molecule has 3 aliphatic rings. The molecular formula is C75H110N18O20. The molecule has 3 saturated heterocycles. The number of H-pyrrole nitrogens is 1. The third-order valence-electron chi connectivity index (χ3n) is 19.9. The normalized spacial score (nSPS) is 18.1. The van der Waals surface area contributed by atoms with E-state index in [2.05, 4.69) is 58.2 Å². The fourth-order valence-corrected chi connectivity index (χ4v) is 13.9. The lowest BCUT2D eigenvalue weighted by Gasteiger charge is -2.33. The molecule has 2 aromatic carbocycles. The quantitative estimate of drug-likeness (QED) is 0.0239. The first kappa shape index (κ1) is 90.7. The Labute approximate surface area is 653 Å². The summed E-state index contributed by atoms with van der Waals surface area (Å²) in [7, 11) is 0. The van der Waals surface area contributed by atoms with Gasteiger partial charge in [-0.15, -0.1) is 0 Å². The predicted octanol–water partition coefficient (Wildman–Crippen LogP) is -4.09. The van der Waals surface area contributed by atoms with Gasteiger partial charge in [-0.05, 0) is 112 Å². The number of carboxylic acid groups (broad SMARTS) is 2. The lowest BCUT2D eigenvalue weighted by Crippen LogP contribution is -2.62. The van der Waals surface area contributed by atoms with Crippen LogP contribution in [0, 0.1) is 17.8 Å². The molecule has 38 heteroatoms. The first-order valence-electron chi connectivity index (χ1n) is 38.1. The number of amides is 15. The van der Waals surface area contributed by atoms with E-state index in [0.29, 0.717) is 41.3 Å². The zero-order valence-corrected chi connectivity index (χ0v) is 64.5. The number of aliphatic carboxylic acids is 2. The number of carbonyl (C=O) groups is 17. The average Bonchev–Trinajstić information content (AvgIpc) is 1.67. The van der Waals surface area contributed by atoms with Crippen LogP contribution in [0.2, 0.25) is 0 Å². The van der Waals surface area contributed by atoms with Gasteiger partial charge in [0.1, 0.15) is 72.5 Å². The van der Waals surface area contributed by atoms with Gasteiger partial charge in [0.15, 0.2) is 0 Å². The van der Waals surface area contributed by atoms with Crippen molar-refractivity contribution in [3.63, 3.8) is 0 Å². The fourth-order valence-electron chi connectivity index (χ4n) is 13.9. The van der Waals surface area contributed by atoms with Crippen molar-refractivity contribution in [2.45, 2.75) is 223 Å². The molecule has 4 heterocycles. The largest absolute Gasteiger partial charge is 0.481 e. The van der Waals surface area contributed by atoms with Gasteiger partial charge in [-0.2, -0.15) is 0 Å². The number of nitrogens with one attached hydrogen (secondary N) is 11. The van der Waals surface area contributed by atoms with E-state index < -0.39 is 217 Å². The molecule has 0 bridgehead atoms. The second-order valence-electron chi connectivity index (χ2n) is 29.8. The van der Waals surface area contributed by atoms with Gasteiger partial charge in [-0.3, -0.25) is 81.5 Å². The Balaban J connectivity index is 1.12. The number of primary amides is 2. The molecule has 38 nitrogen and oxygen atoms in total. The number of hydrogen-bond acceptors (Lipinski definition) is 20. The Bertz CT molecular complexity index is 3910. The summed E-state index contributed by atoms with van der Waals surface area (Å²) in [5.41, 5.74) is 24.5. The molecule has 0 saturated carbocycles. The molecule has 0 aliphatic carbocycles. The number of carboxylic acids is 2. The number of hydrogen-bond donors (Lipinski definition) is 18. The van der Waals surface area contributed by atoms with E-state index in [9.17, 15) is 91.7 Å². The molecule has 0 radical (unpaired) electrons. The monoisotopic (exact) mass is 1580 g/mol. The van der Waals surface area contributed by atoms with E-state index in [0.717, 1.165) is 4.90 Å². The van der Waals surface area contributed by atoms with Crippen LogP contribution in [0.3, 0.4) is 0 Å².